The van der Waals surface area contributed by atoms with Crippen molar-refractivity contribution in [2.45, 2.75) is 11.9 Å². The Kier molecular flexibility index (Phi) is 4.92. The van der Waals surface area contributed by atoms with Gasteiger partial charge in [-0.1, -0.05) is 36.4 Å². The number of benzene rings is 1. The number of carbonyl (C=O) groups is 1. The normalized spacial score (nSPS) is 25.0. The fourth-order valence-corrected chi connectivity index (χ4v) is 2.19. The summed E-state index contributed by atoms with van der Waals surface area (Å²) in [4.78, 5) is 12.0. The highest BCUT2D eigenvalue weighted by Crippen LogP contribution is 2.29. The Morgan fingerprint density at radius 1 is 1.27 bits per heavy atom. The van der Waals surface area contributed by atoms with E-state index in [1.165, 1.54) is 38.5 Å². The summed E-state index contributed by atoms with van der Waals surface area (Å²) < 4.78 is 10.0. The van der Waals surface area contributed by atoms with Gasteiger partial charge in [-0.15, -0.1) is 0 Å². The van der Waals surface area contributed by atoms with Gasteiger partial charge in [-0.2, -0.15) is 0 Å². The molecular formula is C17H18O5. The zero-order valence-corrected chi connectivity index (χ0v) is 12.4. The molecule has 2 rings (SSSR count). The number of ketones is 1. The number of aliphatic hydroxyl groups is 2. The molecule has 1 aliphatic carbocycles. The number of hydrogen-bond acceptors (Lipinski definition) is 5. The lowest BCUT2D eigenvalue weighted by atomic mass is 9.96. The van der Waals surface area contributed by atoms with Crippen LogP contribution in [0.5, 0.6) is 0 Å². The monoisotopic (exact) mass is 302 g/mol. The first-order chi connectivity index (χ1) is 10.5. The van der Waals surface area contributed by atoms with Crippen molar-refractivity contribution in [2.24, 2.45) is 0 Å². The average Bonchev–Trinajstić information content (AvgIpc) is 2.55. The van der Waals surface area contributed by atoms with E-state index in [2.05, 4.69) is 0 Å². The molecule has 2 N–H and O–H groups in total. The van der Waals surface area contributed by atoms with E-state index >= 15 is 0 Å². The lowest BCUT2D eigenvalue weighted by molar-refractivity contribution is -0.213. The van der Waals surface area contributed by atoms with Crippen LogP contribution in [0.25, 0.3) is 0 Å². The Labute approximate surface area is 128 Å². The summed E-state index contributed by atoms with van der Waals surface area (Å²) in [5, 5.41) is 20.3. The van der Waals surface area contributed by atoms with Crippen molar-refractivity contribution in [2.75, 3.05) is 14.2 Å². The molecule has 1 aromatic carbocycles. The standard InChI is InChI=1S/C17H18O5/c1-21-16-15(19)13(10-11-17(16,20)22-2)8-9-14(18)12-6-4-3-5-7-12/h3-11,16,19-20H,1-2H3. The minimum Gasteiger partial charge on any atom is -0.509 e. The van der Waals surface area contributed by atoms with Gasteiger partial charge in [0.1, 0.15) is 5.76 Å². The van der Waals surface area contributed by atoms with Gasteiger partial charge in [-0.3, -0.25) is 4.79 Å². The first-order valence-corrected chi connectivity index (χ1v) is 6.72. The van der Waals surface area contributed by atoms with Crippen LogP contribution in [0.2, 0.25) is 0 Å². The van der Waals surface area contributed by atoms with Crippen molar-refractivity contribution in [3.05, 3.63) is 71.5 Å². The predicted molar refractivity (Wildman–Crippen MR) is 81.5 cm³/mol. The molecule has 5 nitrogen and oxygen atoms in total. The fourth-order valence-electron chi connectivity index (χ4n) is 2.19. The van der Waals surface area contributed by atoms with Crippen LogP contribution in [0, 0.1) is 0 Å². The van der Waals surface area contributed by atoms with Gasteiger partial charge in [0.15, 0.2) is 11.9 Å². The third-order valence-corrected chi connectivity index (χ3v) is 3.46. The van der Waals surface area contributed by atoms with E-state index in [-0.39, 0.29) is 11.5 Å². The van der Waals surface area contributed by atoms with E-state index in [1.54, 1.807) is 24.3 Å². The molecule has 0 amide bonds. The summed E-state index contributed by atoms with van der Waals surface area (Å²) in [5.74, 6) is -2.12. The molecule has 0 fully saturated rings. The Hall–Kier alpha value is -2.21. The van der Waals surface area contributed by atoms with E-state index in [1.807, 2.05) is 6.07 Å². The van der Waals surface area contributed by atoms with Gasteiger partial charge < -0.3 is 19.7 Å². The maximum atomic E-state index is 12.0. The van der Waals surface area contributed by atoms with Crippen LogP contribution in [-0.4, -0.2) is 42.1 Å². The van der Waals surface area contributed by atoms with Gasteiger partial charge in [0.25, 0.3) is 0 Å². The maximum Gasteiger partial charge on any atom is 0.220 e. The Balaban J connectivity index is 2.23. The van der Waals surface area contributed by atoms with Crippen molar-refractivity contribution in [3.63, 3.8) is 0 Å². The molecule has 0 aliphatic heterocycles. The number of rotatable bonds is 5. The number of allylic oxidation sites excluding steroid dienone is 4. The third-order valence-electron chi connectivity index (χ3n) is 3.46. The SMILES string of the molecule is COC1C(O)=C(C=CC(=O)c2ccccc2)C=CC1(O)OC. The molecule has 0 spiro atoms. The van der Waals surface area contributed by atoms with Crippen molar-refractivity contribution in [3.8, 4) is 0 Å². The molecule has 0 saturated heterocycles. The minimum absolute atomic E-state index is 0.184. The van der Waals surface area contributed by atoms with Crippen LogP contribution in [0.1, 0.15) is 10.4 Å². The second-order valence-corrected chi connectivity index (χ2v) is 4.81. The summed E-state index contributed by atoms with van der Waals surface area (Å²) in [6, 6.07) is 8.79. The van der Waals surface area contributed by atoms with Crippen molar-refractivity contribution < 1.29 is 24.5 Å². The molecule has 5 heteroatoms. The van der Waals surface area contributed by atoms with E-state index in [0.29, 0.717) is 11.1 Å². The first-order valence-electron chi connectivity index (χ1n) is 6.72. The van der Waals surface area contributed by atoms with Gasteiger partial charge in [0.2, 0.25) is 5.79 Å². The number of aliphatic hydroxyl groups excluding tert-OH is 1. The molecule has 2 atom stereocenters. The largest absolute Gasteiger partial charge is 0.509 e. The Morgan fingerprint density at radius 2 is 1.95 bits per heavy atom. The molecule has 116 valence electrons. The summed E-state index contributed by atoms with van der Waals surface area (Å²) >= 11 is 0. The number of carbonyl (C=O) groups excluding carboxylic acids is 1. The summed E-state index contributed by atoms with van der Waals surface area (Å²) in [5.41, 5.74) is 0.924. The molecule has 2 unspecified atom stereocenters. The van der Waals surface area contributed by atoms with Gasteiger partial charge in [-0.05, 0) is 18.2 Å². The van der Waals surface area contributed by atoms with Gasteiger partial charge >= 0.3 is 0 Å². The first kappa shape index (κ1) is 16.2. The maximum absolute atomic E-state index is 12.0. The van der Waals surface area contributed by atoms with Crippen molar-refractivity contribution in [1.82, 2.24) is 0 Å². The number of hydrogen-bond donors (Lipinski definition) is 2. The lowest BCUT2D eigenvalue weighted by Gasteiger charge is -2.33. The number of methoxy groups -OCH3 is 2. The predicted octanol–water partition coefficient (Wildman–Crippen LogP) is 2.16. The molecule has 1 aromatic rings. The van der Waals surface area contributed by atoms with Crippen LogP contribution >= 0.6 is 0 Å². The summed E-state index contributed by atoms with van der Waals surface area (Å²) in [7, 11) is 2.66. The minimum atomic E-state index is -1.74. The topological polar surface area (TPSA) is 76.0 Å². The molecule has 1 aliphatic rings. The van der Waals surface area contributed by atoms with E-state index < -0.39 is 11.9 Å². The van der Waals surface area contributed by atoms with Crippen molar-refractivity contribution in [1.29, 1.82) is 0 Å². The molecule has 22 heavy (non-hydrogen) atoms. The fraction of sp³-hybridized carbons (Fsp3) is 0.235. The second-order valence-electron chi connectivity index (χ2n) is 4.81. The zero-order chi connectivity index (χ0) is 16.2. The highest BCUT2D eigenvalue weighted by atomic mass is 16.6. The van der Waals surface area contributed by atoms with Crippen LogP contribution in [0.4, 0.5) is 0 Å². The molecule has 0 heterocycles. The van der Waals surface area contributed by atoms with Crippen LogP contribution in [0.15, 0.2) is 66.0 Å². The van der Waals surface area contributed by atoms with Crippen molar-refractivity contribution >= 4 is 5.78 Å². The van der Waals surface area contributed by atoms with E-state index in [9.17, 15) is 15.0 Å². The van der Waals surface area contributed by atoms with E-state index in [4.69, 9.17) is 9.47 Å². The highest BCUT2D eigenvalue weighted by molar-refractivity contribution is 6.04. The van der Waals surface area contributed by atoms with Crippen LogP contribution in [-0.2, 0) is 9.47 Å². The highest BCUT2D eigenvalue weighted by Gasteiger charge is 2.41. The summed E-state index contributed by atoms with van der Waals surface area (Å²) in [6.07, 6.45) is 4.61. The van der Waals surface area contributed by atoms with Crippen LogP contribution in [0.3, 0.4) is 0 Å². The average molecular weight is 302 g/mol. The quantitative estimate of drug-likeness (QED) is 0.495. The number of ether oxygens (including phenoxy) is 2. The molecule has 0 saturated carbocycles. The Bertz CT molecular complexity index is 630. The second kappa shape index (κ2) is 6.70. The molecule has 0 aromatic heterocycles. The van der Waals surface area contributed by atoms with Gasteiger partial charge in [0, 0.05) is 25.4 Å². The van der Waals surface area contributed by atoms with Crippen LogP contribution < -0.4 is 0 Å². The summed E-state index contributed by atoms with van der Waals surface area (Å²) in [6.45, 7) is 0. The van der Waals surface area contributed by atoms with E-state index in [0.717, 1.165) is 0 Å². The molecule has 0 bridgehead atoms. The van der Waals surface area contributed by atoms with Gasteiger partial charge in [0.05, 0.1) is 0 Å². The Morgan fingerprint density at radius 3 is 2.55 bits per heavy atom. The molecular weight excluding hydrogens is 284 g/mol. The molecule has 0 radical (unpaired) electrons. The lowest BCUT2D eigenvalue weighted by Crippen LogP contribution is -2.46. The smallest absolute Gasteiger partial charge is 0.220 e. The zero-order valence-electron chi connectivity index (χ0n) is 12.4. The van der Waals surface area contributed by atoms with Gasteiger partial charge in [-0.25, -0.2) is 0 Å². The third kappa shape index (κ3) is 3.17.